The molecule has 0 radical (unpaired) electrons. The highest BCUT2D eigenvalue weighted by molar-refractivity contribution is 4.71. The zero-order valence-electron chi connectivity index (χ0n) is 9.96. The lowest BCUT2D eigenvalue weighted by Crippen LogP contribution is -2.32. The first-order chi connectivity index (χ1) is 7.12. The van der Waals surface area contributed by atoms with Gasteiger partial charge in [-0.1, -0.05) is 13.8 Å². The molecule has 0 unspecified atom stereocenters. The lowest BCUT2D eigenvalue weighted by Gasteiger charge is -2.24. The average molecular weight is 219 g/mol. The molecular formula is C11H25NO3. The second-order valence-electron chi connectivity index (χ2n) is 4.50. The van der Waals surface area contributed by atoms with Crippen LogP contribution in [0.25, 0.3) is 0 Å². The lowest BCUT2D eigenvalue weighted by atomic mass is 9.88. The third-order valence-electron chi connectivity index (χ3n) is 2.27. The highest BCUT2D eigenvalue weighted by Gasteiger charge is 2.16. The number of aliphatic hydroxyl groups excluding tert-OH is 2. The third-order valence-corrected chi connectivity index (χ3v) is 2.27. The lowest BCUT2D eigenvalue weighted by molar-refractivity contribution is 0.0923. The Morgan fingerprint density at radius 1 is 1.13 bits per heavy atom. The molecule has 0 bridgehead atoms. The fourth-order valence-corrected chi connectivity index (χ4v) is 1.38. The summed E-state index contributed by atoms with van der Waals surface area (Å²) >= 11 is 0. The van der Waals surface area contributed by atoms with Crippen molar-refractivity contribution in [1.82, 2.24) is 5.32 Å². The topological polar surface area (TPSA) is 61.7 Å². The Kier molecular flexibility index (Phi) is 9.00. The Labute approximate surface area is 92.6 Å². The highest BCUT2D eigenvalue weighted by atomic mass is 16.5. The van der Waals surface area contributed by atoms with E-state index in [-0.39, 0.29) is 18.6 Å². The van der Waals surface area contributed by atoms with Crippen molar-refractivity contribution in [2.24, 2.45) is 5.41 Å². The van der Waals surface area contributed by atoms with E-state index in [2.05, 4.69) is 19.2 Å². The molecule has 15 heavy (non-hydrogen) atoms. The van der Waals surface area contributed by atoms with Crippen LogP contribution in [0.1, 0.15) is 26.7 Å². The Balaban J connectivity index is 3.32. The summed E-state index contributed by atoms with van der Waals surface area (Å²) in [7, 11) is 0. The Bertz CT molecular complexity index is 140. The Morgan fingerprint density at radius 3 is 2.47 bits per heavy atom. The van der Waals surface area contributed by atoms with Gasteiger partial charge < -0.3 is 20.3 Å². The van der Waals surface area contributed by atoms with E-state index in [1.54, 1.807) is 0 Å². The van der Waals surface area contributed by atoms with E-state index in [9.17, 15) is 0 Å². The van der Waals surface area contributed by atoms with Gasteiger partial charge in [-0.25, -0.2) is 0 Å². The van der Waals surface area contributed by atoms with Crippen molar-refractivity contribution in [3.05, 3.63) is 0 Å². The summed E-state index contributed by atoms with van der Waals surface area (Å²) in [5.74, 6) is 0. The summed E-state index contributed by atoms with van der Waals surface area (Å²) in [6.45, 7) is 7.50. The average Bonchev–Trinajstić information content (AvgIpc) is 2.20. The van der Waals surface area contributed by atoms with Crippen LogP contribution in [0.4, 0.5) is 0 Å². The molecule has 0 rings (SSSR count). The summed E-state index contributed by atoms with van der Waals surface area (Å²) in [6.07, 6.45) is 1.88. The van der Waals surface area contributed by atoms with Gasteiger partial charge in [0, 0.05) is 19.7 Å². The molecule has 0 aromatic heterocycles. The van der Waals surface area contributed by atoms with Gasteiger partial charge in [-0.05, 0) is 18.3 Å². The zero-order valence-corrected chi connectivity index (χ0v) is 9.96. The van der Waals surface area contributed by atoms with Crippen LogP contribution in [0.5, 0.6) is 0 Å². The van der Waals surface area contributed by atoms with Crippen molar-refractivity contribution in [1.29, 1.82) is 0 Å². The van der Waals surface area contributed by atoms with Crippen molar-refractivity contribution in [3.63, 3.8) is 0 Å². The molecule has 0 saturated heterocycles. The van der Waals surface area contributed by atoms with Crippen LogP contribution in [0.3, 0.4) is 0 Å². The SMILES string of the molecule is CC(C)(CCCO)CNCCOCCO. The van der Waals surface area contributed by atoms with Crippen LogP contribution in [0.15, 0.2) is 0 Å². The quantitative estimate of drug-likeness (QED) is 0.465. The van der Waals surface area contributed by atoms with Crippen LogP contribution < -0.4 is 5.32 Å². The van der Waals surface area contributed by atoms with E-state index in [0.29, 0.717) is 13.2 Å². The molecule has 4 nitrogen and oxygen atoms in total. The number of aliphatic hydroxyl groups is 2. The molecule has 0 aromatic rings. The predicted octanol–water partition coefficient (Wildman–Crippen LogP) is 0.384. The van der Waals surface area contributed by atoms with Crippen molar-refractivity contribution >= 4 is 0 Å². The molecule has 0 aliphatic carbocycles. The van der Waals surface area contributed by atoms with Gasteiger partial charge in [0.05, 0.1) is 19.8 Å². The normalized spacial score (nSPS) is 12.0. The van der Waals surface area contributed by atoms with Gasteiger partial charge >= 0.3 is 0 Å². The van der Waals surface area contributed by atoms with Gasteiger partial charge in [-0.2, -0.15) is 0 Å². The standard InChI is InChI=1S/C11H25NO3/c1-11(2,4-3-6-13)10-12-5-8-15-9-7-14/h12-14H,3-10H2,1-2H3. The van der Waals surface area contributed by atoms with Crippen molar-refractivity contribution in [2.45, 2.75) is 26.7 Å². The Hall–Kier alpha value is -0.160. The van der Waals surface area contributed by atoms with Crippen LogP contribution >= 0.6 is 0 Å². The van der Waals surface area contributed by atoms with E-state index in [0.717, 1.165) is 25.9 Å². The summed E-state index contributed by atoms with van der Waals surface area (Å²) in [4.78, 5) is 0. The minimum Gasteiger partial charge on any atom is -0.396 e. The monoisotopic (exact) mass is 219 g/mol. The molecule has 0 heterocycles. The summed E-state index contributed by atoms with van der Waals surface area (Å²) in [6, 6.07) is 0. The second kappa shape index (κ2) is 9.09. The minimum atomic E-state index is 0.0853. The molecule has 0 aromatic carbocycles. The van der Waals surface area contributed by atoms with Crippen LogP contribution in [-0.2, 0) is 4.74 Å². The number of hydrogen-bond acceptors (Lipinski definition) is 4. The molecular weight excluding hydrogens is 194 g/mol. The summed E-state index contributed by atoms with van der Waals surface area (Å²) in [5.41, 5.74) is 0.222. The molecule has 0 aliphatic rings. The van der Waals surface area contributed by atoms with Crippen LogP contribution in [0, 0.1) is 5.41 Å². The predicted molar refractivity (Wildman–Crippen MR) is 60.9 cm³/mol. The third kappa shape index (κ3) is 10.1. The minimum absolute atomic E-state index is 0.0853. The maximum atomic E-state index is 8.73. The Morgan fingerprint density at radius 2 is 1.87 bits per heavy atom. The zero-order chi connectivity index (χ0) is 11.6. The van der Waals surface area contributed by atoms with Crippen molar-refractivity contribution in [2.75, 3.05) is 39.5 Å². The second-order valence-corrected chi connectivity index (χ2v) is 4.50. The molecule has 92 valence electrons. The molecule has 0 spiro atoms. The molecule has 4 heteroatoms. The summed E-state index contributed by atoms with van der Waals surface area (Å²) < 4.78 is 5.13. The first-order valence-corrected chi connectivity index (χ1v) is 5.62. The first kappa shape index (κ1) is 14.8. The van der Waals surface area contributed by atoms with E-state index in [1.807, 2.05) is 0 Å². The van der Waals surface area contributed by atoms with Gasteiger partial charge in [0.25, 0.3) is 0 Å². The van der Waals surface area contributed by atoms with Gasteiger partial charge in [0.15, 0.2) is 0 Å². The number of rotatable bonds is 10. The van der Waals surface area contributed by atoms with Crippen molar-refractivity contribution in [3.8, 4) is 0 Å². The molecule has 3 N–H and O–H groups in total. The van der Waals surface area contributed by atoms with Gasteiger partial charge in [-0.3, -0.25) is 0 Å². The van der Waals surface area contributed by atoms with Crippen LogP contribution in [-0.4, -0.2) is 49.7 Å². The fraction of sp³-hybridized carbons (Fsp3) is 1.00. The molecule has 0 amide bonds. The summed E-state index contributed by atoms with van der Waals surface area (Å²) in [5, 5.41) is 20.5. The van der Waals surface area contributed by atoms with E-state index >= 15 is 0 Å². The number of nitrogens with one attached hydrogen (secondary N) is 1. The van der Waals surface area contributed by atoms with Gasteiger partial charge in [-0.15, -0.1) is 0 Å². The molecule has 0 aliphatic heterocycles. The van der Waals surface area contributed by atoms with E-state index in [1.165, 1.54) is 0 Å². The fourth-order valence-electron chi connectivity index (χ4n) is 1.38. The van der Waals surface area contributed by atoms with Gasteiger partial charge in [0.2, 0.25) is 0 Å². The van der Waals surface area contributed by atoms with E-state index in [4.69, 9.17) is 14.9 Å². The maximum Gasteiger partial charge on any atom is 0.0698 e. The van der Waals surface area contributed by atoms with Crippen LogP contribution in [0.2, 0.25) is 0 Å². The largest absolute Gasteiger partial charge is 0.396 e. The number of ether oxygens (including phenoxy) is 1. The molecule has 0 saturated carbocycles. The van der Waals surface area contributed by atoms with E-state index < -0.39 is 0 Å². The molecule has 0 fully saturated rings. The van der Waals surface area contributed by atoms with Gasteiger partial charge in [0.1, 0.15) is 0 Å². The maximum absolute atomic E-state index is 8.73. The molecule has 0 atom stereocenters. The van der Waals surface area contributed by atoms with Crippen molar-refractivity contribution < 1.29 is 14.9 Å². The smallest absolute Gasteiger partial charge is 0.0698 e. The first-order valence-electron chi connectivity index (χ1n) is 5.62. The highest BCUT2D eigenvalue weighted by Crippen LogP contribution is 2.20. The number of hydrogen-bond donors (Lipinski definition) is 3.